The van der Waals surface area contributed by atoms with Gasteiger partial charge in [0.2, 0.25) is 0 Å². The Morgan fingerprint density at radius 3 is 2.85 bits per heavy atom. The van der Waals surface area contributed by atoms with Crippen molar-refractivity contribution >= 4 is 31.6 Å². The van der Waals surface area contributed by atoms with Crippen LogP contribution in [0.2, 0.25) is 0 Å². The van der Waals surface area contributed by atoms with Crippen LogP contribution < -0.4 is 4.90 Å². The van der Waals surface area contributed by atoms with E-state index in [9.17, 15) is 8.42 Å². The summed E-state index contributed by atoms with van der Waals surface area (Å²) in [6.07, 6.45) is 3.48. The number of ether oxygens (including phenoxy) is 1. The van der Waals surface area contributed by atoms with Crippen LogP contribution in [-0.4, -0.2) is 45.0 Å². The monoisotopic (exact) mass is 360 g/mol. The average Bonchev–Trinajstić information content (AvgIpc) is 3.06. The Kier molecular flexibility index (Phi) is 3.54. The molecule has 3 rings (SSSR count). The largest absolute Gasteiger partial charge is 0.377 e. The van der Waals surface area contributed by atoms with Crippen molar-refractivity contribution in [1.82, 2.24) is 4.98 Å². The third-order valence-electron chi connectivity index (χ3n) is 3.78. The minimum absolute atomic E-state index is 0.0401. The molecule has 1 aliphatic heterocycles. The lowest BCUT2D eigenvalue weighted by Crippen LogP contribution is -2.48. The Balaban J connectivity index is 1.93. The highest BCUT2D eigenvalue weighted by molar-refractivity contribution is 9.10. The first-order valence-electron chi connectivity index (χ1n) is 6.58. The Morgan fingerprint density at radius 2 is 2.20 bits per heavy atom. The highest BCUT2D eigenvalue weighted by atomic mass is 79.9. The first kappa shape index (κ1) is 14.3. The zero-order valence-corrected chi connectivity index (χ0v) is 13.7. The molecule has 2 heterocycles. The molecular weight excluding hydrogens is 344 g/mol. The van der Waals surface area contributed by atoms with Gasteiger partial charge in [-0.3, -0.25) is 0 Å². The molecule has 1 saturated heterocycles. The van der Waals surface area contributed by atoms with Gasteiger partial charge in [-0.05, 0) is 46.5 Å². The van der Waals surface area contributed by atoms with Crippen LogP contribution in [0.1, 0.15) is 18.4 Å². The molecular formula is C13H17BrN2O3S. The number of rotatable bonds is 3. The maximum absolute atomic E-state index is 11.5. The molecule has 5 nitrogen and oxygen atoms in total. The molecule has 0 atom stereocenters. The van der Waals surface area contributed by atoms with Crippen LogP contribution in [0.25, 0.3) is 0 Å². The Hall–Kier alpha value is -0.660. The lowest BCUT2D eigenvalue weighted by Gasteiger charge is -2.37. The summed E-state index contributed by atoms with van der Waals surface area (Å²) in [5.41, 5.74) is 0.862. The normalized spacial score (nSPS) is 21.2. The van der Waals surface area contributed by atoms with Crippen LogP contribution in [-0.2, 0) is 20.3 Å². The zero-order valence-electron chi connectivity index (χ0n) is 11.3. The number of nitrogens with zero attached hydrogens (tertiary/aromatic N) is 2. The maximum atomic E-state index is 11.5. The molecule has 0 N–H and O–H groups in total. The third-order valence-corrected chi connectivity index (χ3v) is 5.04. The summed E-state index contributed by atoms with van der Waals surface area (Å²) >= 11 is 3.38. The van der Waals surface area contributed by atoms with Crippen molar-refractivity contribution in [2.45, 2.75) is 24.1 Å². The summed E-state index contributed by atoms with van der Waals surface area (Å²) in [7, 11) is -3.05. The zero-order chi connectivity index (χ0) is 14.4. The van der Waals surface area contributed by atoms with Crippen molar-refractivity contribution in [3.05, 3.63) is 22.3 Å². The summed E-state index contributed by atoms with van der Waals surface area (Å²) < 4.78 is 29.2. The number of pyridine rings is 1. The quantitative estimate of drug-likeness (QED) is 0.768. The van der Waals surface area contributed by atoms with E-state index >= 15 is 0 Å². The van der Waals surface area contributed by atoms with Gasteiger partial charge >= 0.3 is 0 Å². The van der Waals surface area contributed by atoms with Gasteiger partial charge in [-0.2, -0.15) is 0 Å². The molecule has 1 aromatic heterocycles. The summed E-state index contributed by atoms with van der Waals surface area (Å²) in [5.74, 6) is 0.886. The SMILES string of the molecule is CS(=O)(=O)Cc1cc(Br)nc(N2CCOCC23CC3)c1. The van der Waals surface area contributed by atoms with E-state index < -0.39 is 9.84 Å². The molecule has 1 spiro atoms. The van der Waals surface area contributed by atoms with Gasteiger partial charge in [-0.15, -0.1) is 0 Å². The first-order chi connectivity index (χ1) is 9.38. The van der Waals surface area contributed by atoms with Gasteiger partial charge < -0.3 is 9.64 Å². The fourth-order valence-electron chi connectivity index (χ4n) is 2.71. The van der Waals surface area contributed by atoms with Crippen LogP contribution in [0.3, 0.4) is 0 Å². The molecule has 1 aromatic rings. The van der Waals surface area contributed by atoms with Gasteiger partial charge in [0.25, 0.3) is 0 Å². The summed E-state index contributed by atoms with van der Waals surface area (Å²) in [6, 6.07) is 3.65. The molecule has 7 heteroatoms. The molecule has 110 valence electrons. The topological polar surface area (TPSA) is 59.5 Å². The van der Waals surface area contributed by atoms with Gasteiger partial charge in [0.1, 0.15) is 10.4 Å². The number of sulfone groups is 1. The second-order valence-electron chi connectivity index (χ2n) is 5.65. The van der Waals surface area contributed by atoms with E-state index in [2.05, 4.69) is 25.8 Å². The first-order valence-corrected chi connectivity index (χ1v) is 9.43. The highest BCUT2D eigenvalue weighted by Gasteiger charge is 2.50. The number of aromatic nitrogens is 1. The van der Waals surface area contributed by atoms with Gasteiger partial charge in [-0.25, -0.2) is 13.4 Å². The molecule has 1 aliphatic carbocycles. The molecule has 0 aromatic carbocycles. The maximum Gasteiger partial charge on any atom is 0.151 e. The summed E-state index contributed by atoms with van der Waals surface area (Å²) in [6.45, 7) is 2.24. The van der Waals surface area contributed by atoms with E-state index in [4.69, 9.17) is 4.74 Å². The second-order valence-corrected chi connectivity index (χ2v) is 8.61. The van der Waals surface area contributed by atoms with Gasteiger partial charge in [-0.1, -0.05) is 0 Å². The Morgan fingerprint density at radius 1 is 1.45 bits per heavy atom. The Bertz CT molecular complexity index is 629. The fourth-order valence-corrected chi connectivity index (χ4v) is 3.96. The van der Waals surface area contributed by atoms with Crippen LogP contribution in [0.5, 0.6) is 0 Å². The standard InChI is InChI=1S/C13H17BrN2O3S/c1-20(17,18)8-10-6-11(14)15-12(7-10)16-4-5-19-9-13(16)2-3-13/h6-7H,2-5,8-9H2,1H3. The Labute approximate surface area is 127 Å². The minimum Gasteiger partial charge on any atom is -0.377 e. The third kappa shape index (κ3) is 2.99. The second kappa shape index (κ2) is 4.96. The van der Waals surface area contributed by atoms with E-state index in [0.29, 0.717) is 11.2 Å². The fraction of sp³-hybridized carbons (Fsp3) is 0.615. The number of hydrogen-bond acceptors (Lipinski definition) is 5. The summed E-state index contributed by atoms with van der Waals surface area (Å²) in [5, 5.41) is 0. The van der Waals surface area contributed by atoms with Gasteiger partial charge in [0.05, 0.1) is 24.5 Å². The molecule has 0 bridgehead atoms. The van der Waals surface area contributed by atoms with Crippen LogP contribution >= 0.6 is 15.9 Å². The number of anilines is 1. The smallest absolute Gasteiger partial charge is 0.151 e. The molecule has 0 amide bonds. The predicted molar refractivity (Wildman–Crippen MR) is 80.6 cm³/mol. The van der Waals surface area contributed by atoms with E-state index in [0.717, 1.165) is 37.4 Å². The van der Waals surface area contributed by atoms with Crippen molar-refractivity contribution in [3.8, 4) is 0 Å². The molecule has 1 saturated carbocycles. The molecule has 0 unspecified atom stereocenters. The predicted octanol–water partition coefficient (Wildman–Crippen LogP) is 1.76. The average molecular weight is 361 g/mol. The highest BCUT2D eigenvalue weighted by Crippen LogP contribution is 2.45. The van der Waals surface area contributed by atoms with E-state index in [1.165, 1.54) is 6.26 Å². The number of morpholine rings is 1. The molecule has 0 radical (unpaired) electrons. The minimum atomic E-state index is -3.05. The van der Waals surface area contributed by atoms with Crippen LogP contribution in [0.4, 0.5) is 5.82 Å². The van der Waals surface area contributed by atoms with Crippen molar-refractivity contribution in [3.63, 3.8) is 0 Å². The van der Waals surface area contributed by atoms with Crippen molar-refractivity contribution < 1.29 is 13.2 Å². The van der Waals surface area contributed by atoms with Crippen LogP contribution in [0.15, 0.2) is 16.7 Å². The van der Waals surface area contributed by atoms with Crippen molar-refractivity contribution in [2.75, 3.05) is 30.9 Å². The molecule has 2 fully saturated rings. The number of halogens is 1. The van der Waals surface area contributed by atoms with Gasteiger partial charge in [0.15, 0.2) is 9.84 Å². The van der Waals surface area contributed by atoms with Crippen LogP contribution in [0, 0.1) is 0 Å². The molecule has 2 aliphatic rings. The number of hydrogen-bond donors (Lipinski definition) is 0. The van der Waals surface area contributed by atoms with Crippen molar-refractivity contribution in [2.24, 2.45) is 0 Å². The van der Waals surface area contributed by atoms with E-state index in [-0.39, 0.29) is 11.3 Å². The van der Waals surface area contributed by atoms with E-state index in [1.807, 2.05) is 6.07 Å². The van der Waals surface area contributed by atoms with E-state index in [1.54, 1.807) is 6.07 Å². The lowest BCUT2D eigenvalue weighted by atomic mass is 10.2. The molecule has 20 heavy (non-hydrogen) atoms. The van der Waals surface area contributed by atoms with Crippen molar-refractivity contribution in [1.29, 1.82) is 0 Å². The van der Waals surface area contributed by atoms with Gasteiger partial charge in [0, 0.05) is 12.8 Å². The summed E-state index contributed by atoms with van der Waals surface area (Å²) in [4.78, 5) is 6.79. The lowest BCUT2D eigenvalue weighted by molar-refractivity contribution is 0.0860.